The molecule has 0 saturated carbocycles. The Morgan fingerprint density at radius 2 is 1.96 bits per heavy atom. The van der Waals surface area contributed by atoms with Gasteiger partial charge in [-0.1, -0.05) is 42.1 Å². The highest BCUT2D eigenvalue weighted by Gasteiger charge is 2.21. The van der Waals surface area contributed by atoms with Crippen molar-refractivity contribution in [3.8, 4) is 11.4 Å². The average Bonchev–Trinajstić information content (AvgIpc) is 2.97. The van der Waals surface area contributed by atoms with Crippen LogP contribution in [0.1, 0.15) is 13.8 Å². The third kappa shape index (κ3) is 4.10. The monoisotopic (exact) mass is 333 g/mol. The maximum absolute atomic E-state index is 11.9. The van der Waals surface area contributed by atoms with E-state index in [1.807, 2.05) is 41.8 Å². The van der Waals surface area contributed by atoms with E-state index in [9.17, 15) is 9.59 Å². The number of carbonyl (C=O) groups excluding carboxylic acids is 2. The number of imide groups is 1. The third-order valence-electron chi connectivity index (χ3n) is 3.18. The Labute approximate surface area is 138 Å². The minimum Gasteiger partial charge on any atom is -0.341 e. The van der Waals surface area contributed by atoms with Crippen molar-refractivity contribution in [2.75, 3.05) is 7.05 Å². The van der Waals surface area contributed by atoms with Crippen LogP contribution in [0.2, 0.25) is 0 Å². The first-order valence-electron chi connectivity index (χ1n) is 7.24. The molecule has 0 unspecified atom stereocenters. The average molecular weight is 333 g/mol. The molecular formula is C15H19N5O2S. The lowest BCUT2D eigenvalue weighted by atomic mass is 10.2. The van der Waals surface area contributed by atoms with E-state index in [4.69, 9.17) is 0 Å². The fourth-order valence-electron chi connectivity index (χ4n) is 1.95. The van der Waals surface area contributed by atoms with Gasteiger partial charge in [-0.15, -0.1) is 10.2 Å². The van der Waals surface area contributed by atoms with Gasteiger partial charge < -0.3 is 9.88 Å². The summed E-state index contributed by atoms with van der Waals surface area (Å²) in [4.78, 5) is 23.1. The van der Waals surface area contributed by atoms with Crippen LogP contribution in [-0.2, 0) is 11.3 Å². The Balaban J connectivity index is 2.16. The van der Waals surface area contributed by atoms with E-state index in [0.29, 0.717) is 11.7 Å². The second-order valence-electron chi connectivity index (χ2n) is 4.74. The van der Waals surface area contributed by atoms with Crippen LogP contribution in [0.3, 0.4) is 0 Å². The molecule has 1 atom stereocenters. The number of benzene rings is 1. The molecule has 2 rings (SSSR count). The van der Waals surface area contributed by atoms with E-state index in [2.05, 4.69) is 20.8 Å². The maximum Gasteiger partial charge on any atom is 0.321 e. The zero-order valence-corrected chi connectivity index (χ0v) is 14.1. The second-order valence-corrected chi connectivity index (χ2v) is 6.05. The number of amides is 3. The van der Waals surface area contributed by atoms with Crippen LogP contribution < -0.4 is 10.6 Å². The van der Waals surface area contributed by atoms with Crippen molar-refractivity contribution in [2.45, 2.75) is 30.8 Å². The predicted molar refractivity (Wildman–Crippen MR) is 89.0 cm³/mol. The largest absolute Gasteiger partial charge is 0.341 e. The molecule has 122 valence electrons. The first-order chi connectivity index (χ1) is 11.1. The molecule has 1 heterocycles. The lowest BCUT2D eigenvalue weighted by molar-refractivity contribution is -0.119. The van der Waals surface area contributed by atoms with E-state index in [-0.39, 0.29) is 5.91 Å². The Kier molecular flexibility index (Phi) is 5.75. The van der Waals surface area contributed by atoms with Crippen molar-refractivity contribution >= 4 is 23.7 Å². The smallest absolute Gasteiger partial charge is 0.321 e. The lowest BCUT2D eigenvalue weighted by Crippen LogP contribution is -2.41. The van der Waals surface area contributed by atoms with Crippen LogP contribution in [0.4, 0.5) is 4.79 Å². The van der Waals surface area contributed by atoms with Crippen molar-refractivity contribution in [3.63, 3.8) is 0 Å². The van der Waals surface area contributed by atoms with Gasteiger partial charge in [0.15, 0.2) is 11.0 Å². The summed E-state index contributed by atoms with van der Waals surface area (Å²) in [6, 6.07) is 9.23. The lowest BCUT2D eigenvalue weighted by Gasteiger charge is -2.12. The number of nitrogens with zero attached hydrogens (tertiary/aromatic N) is 3. The molecule has 3 amide bonds. The summed E-state index contributed by atoms with van der Waals surface area (Å²) < 4.78 is 1.95. The van der Waals surface area contributed by atoms with E-state index in [1.54, 1.807) is 6.92 Å². The molecule has 0 fully saturated rings. The predicted octanol–water partition coefficient (Wildman–Crippen LogP) is 1.90. The molecule has 0 aliphatic carbocycles. The van der Waals surface area contributed by atoms with Crippen LogP contribution in [0.15, 0.2) is 35.5 Å². The van der Waals surface area contributed by atoms with Crippen LogP contribution >= 0.6 is 11.8 Å². The number of hydrogen-bond acceptors (Lipinski definition) is 5. The minimum atomic E-state index is -0.524. The first-order valence-corrected chi connectivity index (χ1v) is 8.12. The van der Waals surface area contributed by atoms with Crippen molar-refractivity contribution in [1.29, 1.82) is 0 Å². The summed E-state index contributed by atoms with van der Waals surface area (Å²) in [6.45, 7) is 4.40. The standard InChI is InChI=1S/C15H19N5O2S/c1-4-20-12(11-8-6-5-7-9-11)18-19-15(20)23-10(2)13(21)17-14(22)16-3/h5-10H,4H2,1-3H3,(H2,16,17,21,22)/t10-/m1/s1. The second kappa shape index (κ2) is 7.77. The zero-order chi connectivity index (χ0) is 16.8. The van der Waals surface area contributed by atoms with Crippen molar-refractivity contribution < 1.29 is 9.59 Å². The van der Waals surface area contributed by atoms with Gasteiger partial charge in [0.2, 0.25) is 5.91 Å². The molecule has 2 N–H and O–H groups in total. The van der Waals surface area contributed by atoms with Crippen LogP contribution in [0, 0.1) is 0 Å². The molecule has 0 aliphatic heterocycles. The van der Waals surface area contributed by atoms with Crippen molar-refractivity contribution in [1.82, 2.24) is 25.4 Å². The Hall–Kier alpha value is -2.35. The highest BCUT2D eigenvalue weighted by atomic mass is 32.2. The van der Waals surface area contributed by atoms with Gasteiger partial charge in [0, 0.05) is 19.2 Å². The summed E-state index contributed by atoms with van der Waals surface area (Å²) in [6.07, 6.45) is 0. The van der Waals surface area contributed by atoms with Gasteiger partial charge in [0.25, 0.3) is 0 Å². The third-order valence-corrected chi connectivity index (χ3v) is 4.26. The van der Waals surface area contributed by atoms with Gasteiger partial charge in [0.1, 0.15) is 0 Å². The van der Waals surface area contributed by atoms with Crippen LogP contribution in [0.25, 0.3) is 11.4 Å². The number of aromatic nitrogens is 3. The van der Waals surface area contributed by atoms with Gasteiger partial charge in [-0.2, -0.15) is 0 Å². The molecule has 23 heavy (non-hydrogen) atoms. The Bertz CT molecular complexity index is 686. The Morgan fingerprint density at radius 3 is 2.57 bits per heavy atom. The molecular weight excluding hydrogens is 314 g/mol. The zero-order valence-electron chi connectivity index (χ0n) is 13.2. The number of thioether (sulfide) groups is 1. The van der Waals surface area contributed by atoms with E-state index >= 15 is 0 Å². The summed E-state index contributed by atoms with van der Waals surface area (Å²) in [5, 5.41) is 13.2. The molecule has 0 saturated heterocycles. The van der Waals surface area contributed by atoms with Gasteiger partial charge in [0.05, 0.1) is 5.25 Å². The first kappa shape index (κ1) is 17.0. The summed E-state index contributed by atoms with van der Waals surface area (Å²) >= 11 is 1.27. The fourth-order valence-corrected chi connectivity index (χ4v) is 2.86. The highest BCUT2D eigenvalue weighted by Crippen LogP contribution is 2.26. The summed E-state index contributed by atoms with van der Waals surface area (Å²) in [5.41, 5.74) is 0.969. The molecule has 0 aliphatic rings. The fraction of sp³-hybridized carbons (Fsp3) is 0.333. The number of hydrogen-bond donors (Lipinski definition) is 2. The number of urea groups is 1. The van der Waals surface area contributed by atoms with E-state index in [0.717, 1.165) is 11.4 Å². The van der Waals surface area contributed by atoms with Crippen molar-refractivity contribution in [2.24, 2.45) is 0 Å². The number of carbonyl (C=O) groups is 2. The maximum atomic E-state index is 11.9. The molecule has 1 aromatic carbocycles. The van der Waals surface area contributed by atoms with Crippen LogP contribution in [-0.4, -0.2) is 39.0 Å². The number of nitrogens with one attached hydrogen (secondary N) is 2. The van der Waals surface area contributed by atoms with Crippen LogP contribution in [0.5, 0.6) is 0 Å². The quantitative estimate of drug-likeness (QED) is 0.816. The SMILES string of the molecule is CCn1c(S[C@H](C)C(=O)NC(=O)NC)nnc1-c1ccccc1. The van der Waals surface area contributed by atoms with Gasteiger partial charge >= 0.3 is 6.03 Å². The number of rotatable bonds is 5. The highest BCUT2D eigenvalue weighted by molar-refractivity contribution is 8.00. The molecule has 8 heteroatoms. The van der Waals surface area contributed by atoms with Gasteiger partial charge in [-0.3, -0.25) is 10.1 Å². The normalized spacial score (nSPS) is 11.8. The van der Waals surface area contributed by atoms with Crippen molar-refractivity contribution in [3.05, 3.63) is 30.3 Å². The molecule has 2 aromatic rings. The topological polar surface area (TPSA) is 88.9 Å². The Morgan fingerprint density at radius 1 is 1.26 bits per heavy atom. The molecule has 0 spiro atoms. The molecule has 0 bridgehead atoms. The molecule has 0 radical (unpaired) electrons. The summed E-state index contributed by atoms with van der Waals surface area (Å²) in [5.74, 6) is 0.385. The molecule has 7 nitrogen and oxygen atoms in total. The van der Waals surface area contributed by atoms with E-state index in [1.165, 1.54) is 18.8 Å². The van der Waals surface area contributed by atoms with Gasteiger partial charge in [-0.25, -0.2) is 4.79 Å². The summed E-state index contributed by atoms with van der Waals surface area (Å²) in [7, 11) is 1.46. The van der Waals surface area contributed by atoms with E-state index < -0.39 is 11.3 Å². The van der Waals surface area contributed by atoms with Gasteiger partial charge in [-0.05, 0) is 13.8 Å². The molecule has 1 aromatic heterocycles. The minimum absolute atomic E-state index is 0.374.